The van der Waals surface area contributed by atoms with Gasteiger partial charge >= 0.3 is 0 Å². The summed E-state index contributed by atoms with van der Waals surface area (Å²) in [5.41, 5.74) is 0. The molecule has 0 spiro atoms. The van der Waals surface area contributed by atoms with Crippen LogP contribution in [0.1, 0.15) is 30.8 Å². The molecule has 0 aromatic carbocycles. The number of amides is 1. The lowest BCUT2D eigenvalue weighted by molar-refractivity contribution is 0.0910. The summed E-state index contributed by atoms with van der Waals surface area (Å²) in [7, 11) is 0. The Labute approximate surface area is 108 Å². The van der Waals surface area contributed by atoms with E-state index in [2.05, 4.69) is 28.2 Å². The fourth-order valence-electron chi connectivity index (χ4n) is 1.21. The molecule has 0 radical (unpaired) electrons. The highest BCUT2D eigenvalue weighted by molar-refractivity contribution is 9.10. The third-order valence-corrected chi connectivity index (χ3v) is 3.43. The third-order valence-electron chi connectivity index (χ3n) is 2.07. The van der Waals surface area contributed by atoms with Gasteiger partial charge in [0, 0.05) is 6.04 Å². The van der Waals surface area contributed by atoms with Crippen molar-refractivity contribution < 1.29 is 9.21 Å². The summed E-state index contributed by atoms with van der Waals surface area (Å²) in [6.45, 7) is 4.14. The first-order valence-electron chi connectivity index (χ1n) is 5.27. The number of hydrogen-bond donors (Lipinski definition) is 1. The fourth-order valence-corrected chi connectivity index (χ4v) is 2.32. The van der Waals surface area contributed by atoms with Gasteiger partial charge in [0.2, 0.25) is 0 Å². The quantitative estimate of drug-likeness (QED) is 0.820. The van der Waals surface area contributed by atoms with Gasteiger partial charge in [-0.3, -0.25) is 4.79 Å². The van der Waals surface area contributed by atoms with Crippen LogP contribution in [-0.2, 0) is 0 Å². The van der Waals surface area contributed by atoms with Gasteiger partial charge in [0.15, 0.2) is 10.4 Å². The van der Waals surface area contributed by atoms with E-state index in [1.54, 1.807) is 12.1 Å². The number of halogens is 1. The average molecular weight is 306 g/mol. The van der Waals surface area contributed by atoms with Crippen LogP contribution < -0.4 is 5.32 Å². The molecule has 1 heterocycles. The maximum Gasteiger partial charge on any atom is 0.287 e. The molecule has 0 aliphatic heterocycles. The van der Waals surface area contributed by atoms with Gasteiger partial charge in [0.25, 0.3) is 5.91 Å². The van der Waals surface area contributed by atoms with E-state index in [1.807, 2.05) is 18.7 Å². The SMILES string of the molecule is CCSCCC(C)NC(=O)c1ccc(Br)o1. The molecule has 90 valence electrons. The van der Waals surface area contributed by atoms with E-state index >= 15 is 0 Å². The standard InChI is InChI=1S/C11H16BrNO2S/c1-3-16-7-6-8(2)13-11(14)9-4-5-10(12)15-9/h4-5,8H,3,6-7H2,1-2H3,(H,13,14). The zero-order valence-electron chi connectivity index (χ0n) is 9.46. The molecule has 1 N–H and O–H groups in total. The van der Waals surface area contributed by atoms with Crippen molar-refractivity contribution in [3.63, 3.8) is 0 Å². The van der Waals surface area contributed by atoms with Crippen molar-refractivity contribution >= 4 is 33.6 Å². The van der Waals surface area contributed by atoms with E-state index in [0.29, 0.717) is 10.4 Å². The summed E-state index contributed by atoms with van der Waals surface area (Å²) in [5, 5.41) is 2.90. The highest BCUT2D eigenvalue weighted by Gasteiger charge is 2.12. The molecule has 1 rings (SSSR count). The van der Waals surface area contributed by atoms with Crippen LogP contribution >= 0.6 is 27.7 Å². The van der Waals surface area contributed by atoms with Gasteiger partial charge < -0.3 is 9.73 Å². The smallest absolute Gasteiger partial charge is 0.287 e. The third kappa shape index (κ3) is 4.61. The summed E-state index contributed by atoms with van der Waals surface area (Å²) in [5.74, 6) is 2.38. The summed E-state index contributed by atoms with van der Waals surface area (Å²) in [4.78, 5) is 11.7. The number of hydrogen-bond acceptors (Lipinski definition) is 3. The highest BCUT2D eigenvalue weighted by atomic mass is 79.9. The molecule has 1 aromatic heterocycles. The molecule has 16 heavy (non-hydrogen) atoms. The average Bonchev–Trinajstić information content (AvgIpc) is 2.65. The number of carbonyl (C=O) groups is 1. The lowest BCUT2D eigenvalue weighted by Crippen LogP contribution is -2.32. The van der Waals surface area contributed by atoms with Gasteiger partial charge in [-0.05, 0) is 52.9 Å². The molecule has 1 atom stereocenters. The van der Waals surface area contributed by atoms with E-state index in [1.165, 1.54) is 0 Å². The number of furan rings is 1. The van der Waals surface area contributed by atoms with E-state index in [-0.39, 0.29) is 11.9 Å². The number of thioether (sulfide) groups is 1. The van der Waals surface area contributed by atoms with Crippen LogP contribution in [0.25, 0.3) is 0 Å². The first-order valence-corrected chi connectivity index (χ1v) is 7.22. The van der Waals surface area contributed by atoms with E-state index in [0.717, 1.165) is 17.9 Å². The predicted octanol–water partition coefficient (Wildman–Crippen LogP) is 3.30. The van der Waals surface area contributed by atoms with Crippen LogP contribution in [-0.4, -0.2) is 23.5 Å². The second kappa shape index (κ2) is 7.01. The first kappa shape index (κ1) is 13.6. The van der Waals surface area contributed by atoms with Crippen molar-refractivity contribution in [2.45, 2.75) is 26.3 Å². The summed E-state index contributed by atoms with van der Waals surface area (Å²) < 4.78 is 5.75. The second-order valence-corrected chi connectivity index (χ2v) is 5.64. The monoisotopic (exact) mass is 305 g/mol. The summed E-state index contributed by atoms with van der Waals surface area (Å²) in [6.07, 6.45) is 0.978. The molecule has 0 saturated heterocycles. The lowest BCUT2D eigenvalue weighted by Gasteiger charge is -2.11. The molecule has 0 bridgehead atoms. The largest absolute Gasteiger partial charge is 0.444 e. The minimum absolute atomic E-state index is 0.153. The fraction of sp³-hybridized carbons (Fsp3) is 0.545. The Balaban J connectivity index is 2.33. The van der Waals surface area contributed by atoms with Gasteiger partial charge in [-0.15, -0.1) is 0 Å². The summed E-state index contributed by atoms with van der Waals surface area (Å²) in [6, 6.07) is 3.55. The number of rotatable bonds is 6. The Bertz CT molecular complexity index is 340. The van der Waals surface area contributed by atoms with Gasteiger partial charge in [-0.2, -0.15) is 11.8 Å². The summed E-state index contributed by atoms with van der Waals surface area (Å²) >= 11 is 5.05. The van der Waals surface area contributed by atoms with E-state index < -0.39 is 0 Å². The molecule has 0 aliphatic rings. The maximum absolute atomic E-state index is 11.7. The normalized spacial score (nSPS) is 12.4. The zero-order chi connectivity index (χ0) is 12.0. The Morgan fingerprint density at radius 2 is 2.38 bits per heavy atom. The van der Waals surface area contributed by atoms with Crippen molar-refractivity contribution in [2.24, 2.45) is 0 Å². The topological polar surface area (TPSA) is 42.2 Å². The zero-order valence-corrected chi connectivity index (χ0v) is 11.9. The van der Waals surface area contributed by atoms with Gasteiger partial charge in [-0.25, -0.2) is 0 Å². The van der Waals surface area contributed by atoms with E-state index in [4.69, 9.17) is 4.42 Å². The molecule has 1 amide bonds. The molecular weight excluding hydrogens is 290 g/mol. The minimum atomic E-state index is -0.153. The molecule has 1 aromatic rings. The van der Waals surface area contributed by atoms with E-state index in [9.17, 15) is 4.79 Å². The molecular formula is C11H16BrNO2S. The maximum atomic E-state index is 11.7. The molecule has 0 aliphatic carbocycles. The van der Waals surface area contributed by atoms with Crippen LogP contribution in [0.15, 0.2) is 21.2 Å². The van der Waals surface area contributed by atoms with Crippen LogP contribution in [0.3, 0.4) is 0 Å². The van der Waals surface area contributed by atoms with Crippen LogP contribution in [0.4, 0.5) is 0 Å². The Kier molecular flexibility index (Phi) is 5.98. The van der Waals surface area contributed by atoms with Crippen molar-refractivity contribution in [2.75, 3.05) is 11.5 Å². The Hall–Kier alpha value is -0.420. The van der Waals surface area contributed by atoms with Crippen molar-refractivity contribution in [3.05, 3.63) is 22.6 Å². The lowest BCUT2D eigenvalue weighted by atomic mass is 10.2. The minimum Gasteiger partial charge on any atom is -0.444 e. The Morgan fingerprint density at radius 3 is 2.94 bits per heavy atom. The van der Waals surface area contributed by atoms with Gasteiger partial charge in [-0.1, -0.05) is 6.92 Å². The Morgan fingerprint density at radius 1 is 1.62 bits per heavy atom. The van der Waals surface area contributed by atoms with Crippen molar-refractivity contribution in [3.8, 4) is 0 Å². The van der Waals surface area contributed by atoms with Crippen LogP contribution in [0, 0.1) is 0 Å². The molecule has 1 unspecified atom stereocenters. The first-order chi connectivity index (χ1) is 7.63. The second-order valence-electron chi connectivity index (χ2n) is 3.46. The predicted molar refractivity (Wildman–Crippen MR) is 71.0 cm³/mol. The van der Waals surface area contributed by atoms with Crippen molar-refractivity contribution in [1.29, 1.82) is 0 Å². The van der Waals surface area contributed by atoms with Gasteiger partial charge in [0.05, 0.1) is 0 Å². The van der Waals surface area contributed by atoms with Crippen molar-refractivity contribution in [1.82, 2.24) is 5.32 Å². The molecule has 0 fully saturated rings. The molecule has 5 heteroatoms. The van der Waals surface area contributed by atoms with Gasteiger partial charge in [0.1, 0.15) is 0 Å². The van der Waals surface area contributed by atoms with Crippen LogP contribution in [0.2, 0.25) is 0 Å². The molecule has 3 nitrogen and oxygen atoms in total. The highest BCUT2D eigenvalue weighted by Crippen LogP contribution is 2.14. The molecule has 0 saturated carbocycles. The number of nitrogens with one attached hydrogen (secondary N) is 1. The van der Waals surface area contributed by atoms with Crippen LogP contribution in [0.5, 0.6) is 0 Å². The number of carbonyl (C=O) groups excluding carboxylic acids is 1.